The maximum atomic E-state index is 13.9. The number of amides is 3. The van der Waals surface area contributed by atoms with Crippen LogP contribution in [0, 0.1) is 6.92 Å². The van der Waals surface area contributed by atoms with Crippen LogP contribution in [0.1, 0.15) is 96.1 Å². The minimum Gasteiger partial charge on any atom is -0.493 e. The number of hydrogen-bond donors (Lipinski definition) is 3. The van der Waals surface area contributed by atoms with Crippen LogP contribution in [0.3, 0.4) is 0 Å². The number of fused-ring (bicyclic) bond motifs is 2. The summed E-state index contributed by atoms with van der Waals surface area (Å²) in [5.74, 6) is 0.231. The quantitative estimate of drug-likeness (QED) is 0.145. The van der Waals surface area contributed by atoms with Crippen LogP contribution >= 0.6 is 0 Å². The Morgan fingerprint density at radius 1 is 0.942 bits per heavy atom. The third-order valence-corrected chi connectivity index (χ3v) is 8.75. The first-order valence-electron chi connectivity index (χ1n) is 18.1. The van der Waals surface area contributed by atoms with Crippen molar-refractivity contribution in [2.75, 3.05) is 26.7 Å². The van der Waals surface area contributed by atoms with Crippen LogP contribution in [0.15, 0.2) is 30.3 Å². The van der Waals surface area contributed by atoms with Gasteiger partial charge in [0.2, 0.25) is 5.88 Å². The molecule has 0 spiro atoms. The third-order valence-electron chi connectivity index (χ3n) is 8.75. The Balaban J connectivity index is 1.34. The summed E-state index contributed by atoms with van der Waals surface area (Å²) < 4.78 is 20.5. The van der Waals surface area contributed by atoms with Gasteiger partial charge in [-0.05, 0) is 92.3 Å². The van der Waals surface area contributed by atoms with Gasteiger partial charge < -0.3 is 39.4 Å². The van der Waals surface area contributed by atoms with E-state index in [1.165, 1.54) is 0 Å². The number of rotatable bonds is 11. The number of methoxy groups -OCH3 is 1. The Bertz CT molecular complexity index is 1920. The Morgan fingerprint density at radius 3 is 2.37 bits per heavy atom. The molecule has 3 amide bonds. The maximum absolute atomic E-state index is 13.9. The Hall–Kier alpha value is -5.01. The number of piperidine rings is 1. The van der Waals surface area contributed by atoms with E-state index >= 15 is 0 Å². The summed E-state index contributed by atoms with van der Waals surface area (Å²) in [7, 11) is 1.57. The van der Waals surface area contributed by atoms with Crippen molar-refractivity contribution in [1.82, 2.24) is 34.5 Å². The molecule has 1 aliphatic heterocycles. The summed E-state index contributed by atoms with van der Waals surface area (Å²) in [4.78, 5) is 49.5. The summed E-state index contributed by atoms with van der Waals surface area (Å²) in [6, 6.07) is 8.71. The van der Waals surface area contributed by atoms with Gasteiger partial charge in [0.1, 0.15) is 28.2 Å². The van der Waals surface area contributed by atoms with Gasteiger partial charge in [-0.2, -0.15) is 4.98 Å². The van der Waals surface area contributed by atoms with Crippen LogP contribution in [0.5, 0.6) is 11.8 Å². The number of aromatic hydroxyl groups is 1. The fourth-order valence-electron chi connectivity index (χ4n) is 6.52. The highest BCUT2D eigenvalue weighted by atomic mass is 16.6. The first kappa shape index (κ1) is 38.2. The number of likely N-dealkylation sites (tertiary alicyclic amines) is 1. The van der Waals surface area contributed by atoms with E-state index in [0.29, 0.717) is 54.6 Å². The summed E-state index contributed by atoms with van der Waals surface area (Å²) in [5, 5.41) is 16.9. The van der Waals surface area contributed by atoms with E-state index in [4.69, 9.17) is 19.2 Å². The van der Waals surface area contributed by atoms with Gasteiger partial charge in [-0.15, -0.1) is 0 Å². The Labute approximate surface area is 304 Å². The molecule has 4 aromatic heterocycles. The van der Waals surface area contributed by atoms with E-state index in [-0.39, 0.29) is 17.8 Å². The molecule has 1 atom stereocenters. The lowest BCUT2D eigenvalue weighted by atomic mass is 10.0. The fourth-order valence-corrected chi connectivity index (χ4v) is 6.52. The van der Waals surface area contributed by atoms with E-state index in [0.717, 1.165) is 55.3 Å². The lowest BCUT2D eigenvalue weighted by Gasteiger charge is -2.33. The molecule has 1 fully saturated rings. The van der Waals surface area contributed by atoms with Gasteiger partial charge in [0, 0.05) is 55.3 Å². The molecule has 0 radical (unpaired) electrons. The number of aryl methyl sites for hydroxylation is 2. The molecule has 0 bridgehead atoms. The number of nitrogens with zero attached hydrogens (tertiary/aromatic N) is 5. The normalized spacial score (nSPS) is 15.2. The number of aromatic nitrogens is 4. The second-order valence-corrected chi connectivity index (χ2v) is 15.4. The van der Waals surface area contributed by atoms with Crippen LogP contribution in [0.4, 0.5) is 9.59 Å². The van der Waals surface area contributed by atoms with Crippen LogP contribution in [0.2, 0.25) is 0 Å². The van der Waals surface area contributed by atoms with Crippen molar-refractivity contribution in [3.05, 3.63) is 41.6 Å². The molecule has 0 unspecified atom stereocenters. The smallest absolute Gasteiger partial charge is 0.407 e. The van der Waals surface area contributed by atoms with Gasteiger partial charge in [-0.1, -0.05) is 12.8 Å². The third kappa shape index (κ3) is 9.45. The van der Waals surface area contributed by atoms with Gasteiger partial charge in [-0.3, -0.25) is 9.20 Å². The van der Waals surface area contributed by atoms with Crippen LogP contribution in [-0.4, -0.2) is 91.0 Å². The molecule has 5 rings (SSSR count). The molecule has 1 saturated heterocycles. The monoisotopic (exact) mass is 719 g/mol. The van der Waals surface area contributed by atoms with Crippen molar-refractivity contribution >= 4 is 34.8 Å². The molecule has 14 heteroatoms. The molecule has 52 heavy (non-hydrogen) atoms. The SMILES string of the molecule is COc1cc(C(=O)N2CCC[C@@H](NC(=O)OC(C)(C)C)C2)cc2nc(-c3cc4ccc(O)nc4n3CCCCCCNC(=O)OC(C)(C)C)c(C)n12. The van der Waals surface area contributed by atoms with E-state index < -0.39 is 23.4 Å². The van der Waals surface area contributed by atoms with Gasteiger partial charge >= 0.3 is 12.2 Å². The highest BCUT2D eigenvalue weighted by Crippen LogP contribution is 2.33. The minimum atomic E-state index is -0.614. The second kappa shape index (κ2) is 15.7. The molecule has 14 nitrogen and oxygen atoms in total. The molecule has 5 heterocycles. The summed E-state index contributed by atoms with van der Waals surface area (Å²) in [6.45, 7) is 15.0. The Kier molecular flexibility index (Phi) is 11.5. The van der Waals surface area contributed by atoms with Crippen molar-refractivity contribution in [2.45, 2.75) is 111 Å². The lowest BCUT2D eigenvalue weighted by molar-refractivity contribution is 0.0451. The number of pyridine rings is 2. The van der Waals surface area contributed by atoms with Crippen molar-refractivity contribution < 1.29 is 33.7 Å². The topological polar surface area (TPSA) is 162 Å². The summed E-state index contributed by atoms with van der Waals surface area (Å²) >= 11 is 0. The van der Waals surface area contributed by atoms with Crippen molar-refractivity contribution in [1.29, 1.82) is 0 Å². The van der Waals surface area contributed by atoms with Crippen LogP contribution < -0.4 is 15.4 Å². The van der Waals surface area contributed by atoms with Crippen molar-refractivity contribution in [3.63, 3.8) is 0 Å². The van der Waals surface area contributed by atoms with Gasteiger partial charge in [-0.25, -0.2) is 14.6 Å². The maximum Gasteiger partial charge on any atom is 0.407 e. The highest BCUT2D eigenvalue weighted by molar-refractivity contribution is 5.96. The molecule has 0 aliphatic carbocycles. The van der Waals surface area contributed by atoms with Gasteiger partial charge in [0.15, 0.2) is 5.88 Å². The molecule has 3 N–H and O–H groups in total. The number of alkyl carbamates (subject to hydrolysis) is 2. The summed E-state index contributed by atoms with van der Waals surface area (Å²) in [6.07, 6.45) is 4.09. The number of nitrogens with one attached hydrogen (secondary N) is 2. The van der Waals surface area contributed by atoms with E-state index in [1.807, 2.05) is 65.0 Å². The second-order valence-electron chi connectivity index (χ2n) is 15.4. The zero-order valence-corrected chi connectivity index (χ0v) is 31.7. The largest absolute Gasteiger partial charge is 0.493 e. The first-order valence-corrected chi connectivity index (χ1v) is 18.1. The number of unbranched alkanes of at least 4 members (excludes halogenated alkanes) is 3. The number of hydrogen-bond acceptors (Lipinski definition) is 9. The van der Waals surface area contributed by atoms with Gasteiger partial charge in [0.05, 0.1) is 18.5 Å². The van der Waals surface area contributed by atoms with Gasteiger partial charge in [0.25, 0.3) is 5.91 Å². The number of imidazole rings is 1. The minimum absolute atomic E-state index is 0.0654. The van der Waals surface area contributed by atoms with E-state index in [2.05, 4.69) is 20.2 Å². The number of ether oxygens (including phenoxy) is 3. The van der Waals surface area contributed by atoms with E-state index in [1.54, 1.807) is 30.2 Å². The number of carbonyl (C=O) groups excluding carboxylic acids is 3. The molecule has 1 aliphatic rings. The standard InChI is InChI=1S/C38H53N7O7/c1-24-32(28-20-25-15-16-30(46)42-33(25)44(28)19-12-10-9-11-17-39-35(48)51-37(2,3)4)41-29-21-26(22-31(50-8)45(24)29)34(47)43-18-13-14-27(23-43)40-36(49)52-38(5,6)7/h15-16,20-22,27H,9-14,17-19,23H2,1-8H3,(H,39,48)(H,40,49)(H,42,46)/t27-/m1/s1. The molecule has 0 saturated carbocycles. The molecular formula is C38H53N7O7. The summed E-state index contributed by atoms with van der Waals surface area (Å²) in [5.41, 5.74) is 2.87. The van der Waals surface area contributed by atoms with E-state index in [9.17, 15) is 19.5 Å². The highest BCUT2D eigenvalue weighted by Gasteiger charge is 2.29. The van der Waals surface area contributed by atoms with Crippen LogP contribution in [0.25, 0.3) is 28.1 Å². The average molecular weight is 720 g/mol. The van der Waals surface area contributed by atoms with Crippen molar-refractivity contribution in [2.24, 2.45) is 0 Å². The lowest BCUT2D eigenvalue weighted by Crippen LogP contribution is -2.50. The molecule has 4 aromatic rings. The predicted octanol–water partition coefficient (Wildman–Crippen LogP) is 6.59. The molecular weight excluding hydrogens is 666 g/mol. The fraction of sp³-hybridized carbons (Fsp3) is 0.553. The zero-order valence-electron chi connectivity index (χ0n) is 31.7. The molecule has 0 aromatic carbocycles. The average Bonchev–Trinajstić information content (AvgIpc) is 3.58. The predicted molar refractivity (Wildman–Crippen MR) is 198 cm³/mol. The number of carbonyl (C=O) groups is 3. The Morgan fingerprint density at radius 2 is 1.65 bits per heavy atom. The molecule has 282 valence electrons. The van der Waals surface area contributed by atoms with Crippen molar-refractivity contribution in [3.8, 4) is 23.1 Å². The first-order chi connectivity index (χ1) is 24.5. The zero-order chi connectivity index (χ0) is 37.8. The van der Waals surface area contributed by atoms with Crippen LogP contribution in [-0.2, 0) is 16.0 Å².